The number of nitro benzene ring substituents is 1. The molecule has 0 bridgehead atoms. The first kappa shape index (κ1) is 19.8. The summed E-state index contributed by atoms with van der Waals surface area (Å²) in [7, 11) is 0. The maximum absolute atomic E-state index is 12.0. The van der Waals surface area contributed by atoms with Crippen LogP contribution in [0.1, 0.15) is 16.7 Å². The molecule has 0 aliphatic rings. The Balaban J connectivity index is 1.55. The van der Waals surface area contributed by atoms with Crippen molar-refractivity contribution in [1.82, 2.24) is 5.43 Å². The van der Waals surface area contributed by atoms with Crippen LogP contribution in [0.4, 0.5) is 5.69 Å². The molecule has 0 heterocycles. The number of non-ortho nitro benzene ring substituents is 1. The highest BCUT2D eigenvalue weighted by atomic mass is 16.6. The number of para-hydroxylation sites is 1. The quantitative estimate of drug-likeness (QED) is 0.359. The van der Waals surface area contributed by atoms with Gasteiger partial charge in [0, 0.05) is 17.7 Å². The third-order valence-electron chi connectivity index (χ3n) is 4.06. The van der Waals surface area contributed by atoms with E-state index in [2.05, 4.69) is 10.5 Å². The molecule has 0 saturated heterocycles. The first-order chi connectivity index (χ1) is 14.1. The Morgan fingerprint density at radius 3 is 2.38 bits per heavy atom. The predicted octanol–water partition coefficient (Wildman–Crippen LogP) is 3.87. The molecule has 146 valence electrons. The summed E-state index contributed by atoms with van der Waals surface area (Å²) in [6, 6.07) is 23.0. The standard InChI is InChI=1S/C22H19N3O4/c26-22(14-17-10-12-20(13-11-17)25(27)28)24-23-15-19-8-4-5-9-21(19)29-16-18-6-2-1-3-7-18/h1-13,15H,14,16H2,(H,24,26)/b23-15-. The molecule has 0 aliphatic heterocycles. The van der Waals surface area contributed by atoms with Crippen molar-refractivity contribution in [2.45, 2.75) is 13.0 Å². The van der Waals surface area contributed by atoms with E-state index in [-0.39, 0.29) is 18.0 Å². The van der Waals surface area contributed by atoms with Gasteiger partial charge in [-0.05, 0) is 23.3 Å². The maximum atomic E-state index is 12.0. The van der Waals surface area contributed by atoms with Gasteiger partial charge in [0.1, 0.15) is 12.4 Å². The highest BCUT2D eigenvalue weighted by molar-refractivity contribution is 5.85. The number of amides is 1. The molecule has 0 unspecified atom stereocenters. The van der Waals surface area contributed by atoms with Gasteiger partial charge in [0.2, 0.25) is 5.91 Å². The van der Waals surface area contributed by atoms with E-state index < -0.39 is 4.92 Å². The second-order valence-corrected chi connectivity index (χ2v) is 6.21. The highest BCUT2D eigenvalue weighted by Gasteiger charge is 2.07. The van der Waals surface area contributed by atoms with Crippen LogP contribution >= 0.6 is 0 Å². The molecular formula is C22H19N3O4. The van der Waals surface area contributed by atoms with Gasteiger partial charge in [-0.2, -0.15) is 5.10 Å². The summed E-state index contributed by atoms with van der Waals surface area (Å²) in [6.45, 7) is 0.429. The summed E-state index contributed by atoms with van der Waals surface area (Å²) in [5.74, 6) is 0.336. The van der Waals surface area contributed by atoms with Crippen molar-refractivity contribution in [3.05, 3.63) is 106 Å². The fourth-order valence-corrected chi connectivity index (χ4v) is 2.59. The Morgan fingerprint density at radius 2 is 1.66 bits per heavy atom. The van der Waals surface area contributed by atoms with Crippen LogP contribution in [0.25, 0.3) is 0 Å². The van der Waals surface area contributed by atoms with Crippen LogP contribution < -0.4 is 10.2 Å². The van der Waals surface area contributed by atoms with E-state index in [1.807, 2.05) is 54.6 Å². The molecule has 0 saturated carbocycles. The van der Waals surface area contributed by atoms with E-state index in [1.165, 1.54) is 18.3 Å². The summed E-state index contributed by atoms with van der Waals surface area (Å²) in [5, 5.41) is 14.6. The van der Waals surface area contributed by atoms with E-state index in [0.717, 1.165) is 11.1 Å². The maximum Gasteiger partial charge on any atom is 0.269 e. The minimum absolute atomic E-state index is 0.0145. The van der Waals surface area contributed by atoms with Crippen molar-refractivity contribution in [3.63, 3.8) is 0 Å². The SMILES string of the molecule is O=C(Cc1ccc([N+](=O)[O-])cc1)N/N=C\c1ccccc1OCc1ccccc1. The first-order valence-electron chi connectivity index (χ1n) is 8.93. The lowest BCUT2D eigenvalue weighted by Gasteiger charge is -2.09. The lowest BCUT2D eigenvalue weighted by atomic mass is 10.1. The number of hydrogen-bond donors (Lipinski definition) is 1. The normalized spacial score (nSPS) is 10.6. The van der Waals surface area contributed by atoms with Crippen LogP contribution in [0.3, 0.4) is 0 Å². The van der Waals surface area contributed by atoms with Gasteiger partial charge in [-0.25, -0.2) is 5.43 Å². The number of nitrogens with one attached hydrogen (secondary N) is 1. The van der Waals surface area contributed by atoms with Crippen molar-refractivity contribution in [1.29, 1.82) is 0 Å². The molecule has 0 aromatic heterocycles. The number of nitrogens with zero attached hydrogens (tertiary/aromatic N) is 2. The van der Waals surface area contributed by atoms with Gasteiger partial charge in [0.25, 0.3) is 5.69 Å². The largest absolute Gasteiger partial charge is 0.488 e. The number of nitro groups is 1. The molecule has 3 aromatic rings. The van der Waals surface area contributed by atoms with E-state index in [9.17, 15) is 14.9 Å². The Labute approximate surface area is 167 Å². The highest BCUT2D eigenvalue weighted by Crippen LogP contribution is 2.17. The van der Waals surface area contributed by atoms with Crippen LogP contribution in [0.5, 0.6) is 5.75 Å². The van der Waals surface area contributed by atoms with Crippen LogP contribution in [0, 0.1) is 10.1 Å². The van der Waals surface area contributed by atoms with E-state index in [0.29, 0.717) is 17.9 Å². The molecule has 0 fully saturated rings. The molecule has 0 radical (unpaired) electrons. The summed E-state index contributed by atoms with van der Waals surface area (Å²) in [6.07, 6.45) is 1.59. The van der Waals surface area contributed by atoms with Crippen LogP contribution in [0.15, 0.2) is 84.0 Å². The second-order valence-electron chi connectivity index (χ2n) is 6.21. The summed E-state index contributed by atoms with van der Waals surface area (Å²) < 4.78 is 5.85. The molecule has 0 spiro atoms. The Hall–Kier alpha value is -4.00. The molecule has 7 heteroatoms. The summed E-state index contributed by atoms with van der Waals surface area (Å²) in [5.41, 5.74) is 4.89. The van der Waals surface area contributed by atoms with Gasteiger partial charge in [-0.15, -0.1) is 0 Å². The van der Waals surface area contributed by atoms with E-state index in [1.54, 1.807) is 12.1 Å². The molecule has 3 rings (SSSR count). The summed E-state index contributed by atoms with van der Waals surface area (Å²) in [4.78, 5) is 22.2. The van der Waals surface area contributed by atoms with Gasteiger partial charge in [-0.3, -0.25) is 14.9 Å². The number of carbonyl (C=O) groups excluding carboxylic acids is 1. The molecule has 0 atom stereocenters. The van der Waals surface area contributed by atoms with Crippen LogP contribution in [0.2, 0.25) is 0 Å². The third kappa shape index (κ3) is 6.00. The lowest BCUT2D eigenvalue weighted by Crippen LogP contribution is -2.19. The average molecular weight is 389 g/mol. The van der Waals surface area contributed by atoms with Gasteiger partial charge in [0.15, 0.2) is 0 Å². The topological polar surface area (TPSA) is 93.8 Å². The number of benzene rings is 3. The minimum Gasteiger partial charge on any atom is -0.488 e. The second kappa shape index (κ2) is 9.80. The van der Waals surface area contributed by atoms with Crippen LogP contribution in [-0.4, -0.2) is 17.0 Å². The zero-order chi connectivity index (χ0) is 20.5. The molecule has 7 nitrogen and oxygen atoms in total. The van der Waals surface area contributed by atoms with Crippen molar-refractivity contribution < 1.29 is 14.5 Å². The Bertz CT molecular complexity index is 1000. The fourth-order valence-electron chi connectivity index (χ4n) is 2.59. The number of rotatable bonds is 8. The van der Waals surface area contributed by atoms with Crippen LogP contribution in [-0.2, 0) is 17.8 Å². The van der Waals surface area contributed by atoms with E-state index >= 15 is 0 Å². The molecule has 1 N–H and O–H groups in total. The first-order valence-corrected chi connectivity index (χ1v) is 8.93. The molecule has 1 amide bonds. The Morgan fingerprint density at radius 1 is 0.966 bits per heavy atom. The molecule has 29 heavy (non-hydrogen) atoms. The van der Waals surface area contributed by atoms with Crippen molar-refractivity contribution in [3.8, 4) is 5.75 Å². The smallest absolute Gasteiger partial charge is 0.269 e. The summed E-state index contributed by atoms with van der Waals surface area (Å²) >= 11 is 0. The average Bonchev–Trinajstić information content (AvgIpc) is 2.74. The monoisotopic (exact) mass is 389 g/mol. The zero-order valence-corrected chi connectivity index (χ0v) is 15.5. The van der Waals surface area contributed by atoms with Gasteiger partial charge >= 0.3 is 0 Å². The molecule has 0 aliphatic carbocycles. The van der Waals surface area contributed by atoms with Crippen molar-refractivity contribution in [2.75, 3.05) is 0 Å². The lowest BCUT2D eigenvalue weighted by molar-refractivity contribution is -0.384. The van der Waals surface area contributed by atoms with Gasteiger partial charge < -0.3 is 4.74 Å². The molecular weight excluding hydrogens is 370 g/mol. The zero-order valence-electron chi connectivity index (χ0n) is 15.5. The molecule has 3 aromatic carbocycles. The fraction of sp³-hybridized carbons (Fsp3) is 0.0909. The van der Waals surface area contributed by atoms with Gasteiger partial charge in [-0.1, -0.05) is 54.6 Å². The minimum atomic E-state index is -0.481. The third-order valence-corrected chi connectivity index (χ3v) is 4.06. The number of carbonyl (C=O) groups is 1. The number of hydrazone groups is 1. The van der Waals surface area contributed by atoms with Gasteiger partial charge in [0.05, 0.1) is 17.6 Å². The van der Waals surface area contributed by atoms with Crippen molar-refractivity contribution in [2.24, 2.45) is 5.10 Å². The predicted molar refractivity (Wildman–Crippen MR) is 110 cm³/mol. The van der Waals surface area contributed by atoms with E-state index in [4.69, 9.17) is 4.74 Å². The number of ether oxygens (including phenoxy) is 1. The number of hydrogen-bond acceptors (Lipinski definition) is 5. The van der Waals surface area contributed by atoms with Crippen molar-refractivity contribution >= 4 is 17.8 Å². The Kier molecular flexibility index (Phi) is 6.67.